The van der Waals surface area contributed by atoms with Crippen molar-refractivity contribution in [3.8, 4) is 0 Å². The summed E-state index contributed by atoms with van der Waals surface area (Å²) in [5.41, 5.74) is 0. The van der Waals surface area contributed by atoms with Gasteiger partial charge in [0.2, 0.25) is 0 Å². The molecule has 0 bridgehead atoms. The minimum absolute atomic E-state index is 0.829. The monoisotopic (exact) mass is 232 g/mol. The molecule has 0 heterocycles. The molecule has 0 aliphatic rings. The molecule has 2 unspecified atom stereocenters. The molecule has 0 radical (unpaired) electrons. The lowest BCUT2D eigenvalue weighted by atomic mass is 10.2. The Kier molecular flexibility index (Phi) is 5.72. The maximum Gasteiger partial charge on any atom is 0.474 e. The zero-order valence-corrected chi connectivity index (χ0v) is 8.24. The third-order valence-electron chi connectivity index (χ3n) is 1.35. The molecule has 5 N–H and O–H groups in total. The Morgan fingerprint density at radius 3 is 2.21 bits per heavy atom. The van der Waals surface area contributed by atoms with E-state index in [9.17, 15) is 4.57 Å². The summed E-state index contributed by atoms with van der Waals surface area (Å²) in [5, 5.41) is 35.1. The maximum absolute atomic E-state index is 10.7. The number of phosphoric acid groups is 1. The molecule has 0 amide bonds. The van der Waals surface area contributed by atoms with E-state index >= 15 is 0 Å². The molecule has 0 aliphatic carbocycles. The van der Waals surface area contributed by atoms with Crippen molar-refractivity contribution in [1.82, 2.24) is 0 Å². The summed E-state index contributed by atoms with van der Waals surface area (Å²) in [7, 11) is -3.57. The van der Waals surface area contributed by atoms with Gasteiger partial charge in [-0.3, -0.25) is 9.05 Å². The smallest absolute Gasteiger partial charge is 0.394 e. The quantitative estimate of drug-likeness (QED) is 0.256. The van der Waals surface area contributed by atoms with Gasteiger partial charge in [-0.05, 0) is 0 Å². The van der Waals surface area contributed by atoms with Gasteiger partial charge >= 0.3 is 7.82 Å². The van der Waals surface area contributed by atoms with E-state index in [2.05, 4.69) is 9.05 Å². The molecule has 0 spiro atoms. The molecule has 0 aromatic heterocycles. The third-order valence-corrected chi connectivity index (χ3v) is 2.29. The Morgan fingerprint density at radius 1 is 1.36 bits per heavy atom. The van der Waals surface area contributed by atoms with Crippen LogP contribution < -0.4 is 0 Å². The van der Waals surface area contributed by atoms with Crippen LogP contribution in [0.25, 0.3) is 0 Å². The van der Waals surface area contributed by atoms with Crippen molar-refractivity contribution in [1.29, 1.82) is 0 Å². The summed E-state index contributed by atoms with van der Waals surface area (Å²) in [6, 6.07) is 0. The molecule has 86 valence electrons. The predicted molar refractivity (Wildman–Crippen MR) is 43.0 cm³/mol. The standard InChI is InChI=1S/C5H13O8P/c1-12-14(10,11)13-5(9)4(8)3(7)2-6/h3-9H,2H2,1H3,(H,10,11)/t3-,4-,5?/m0/s1. The minimum Gasteiger partial charge on any atom is -0.394 e. The zero-order valence-electron chi connectivity index (χ0n) is 7.35. The van der Waals surface area contributed by atoms with E-state index in [1.807, 2.05) is 0 Å². The second-order valence-electron chi connectivity index (χ2n) is 2.39. The fraction of sp³-hybridized carbons (Fsp3) is 1.00. The molecule has 0 aromatic rings. The molecule has 0 aromatic carbocycles. The summed E-state index contributed by atoms with van der Waals surface area (Å²) in [6.07, 6.45) is -5.72. The highest BCUT2D eigenvalue weighted by atomic mass is 31.2. The summed E-state index contributed by atoms with van der Waals surface area (Å²) < 4.78 is 18.6. The van der Waals surface area contributed by atoms with E-state index in [4.69, 9.17) is 25.3 Å². The number of hydrogen-bond donors (Lipinski definition) is 5. The van der Waals surface area contributed by atoms with E-state index in [0.717, 1.165) is 7.11 Å². The Labute approximate surface area is 79.9 Å². The van der Waals surface area contributed by atoms with Gasteiger partial charge < -0.3 is 25.3 Å². The molecule has 0 saturated heterocycles. The van der Waals surface area contributed by atoms with Crippen LogP contribution >= 0.6 is 7.82 Å². The second kappa shape index (κ2) is 5.74. The van der Waals surface area contributed by atoms with Crippen LogP contribution in [0, 0.1) is 0 Å². The first-order valence-electron chi connectivity index (χ1n) is 3.56. The molecular weight excluding hydrogens is 219 g/mol. The van der Waals surface area contributed by atoms with Gasteiger partial charge in [-0.1, -0.05) is 0 Å². The van der Waals surface area contributed by atoms with Crippen molar-refractivity contribution < 1.29 is 38.9 Å². The van der Waals surface area contributed by atoms with Crippen LogP contribution in [0.5, 0.6) is 0 Å². The van der Waals surface area contributed by atoms with E-state index in [1.165, 1.54) is 0 Å². The predicted octanol–water partition coefficient (Wildman–Crippen LogP) is -2.22. The van der Waals surface area contributed by atoms with Gasteiger partial charge in [0.25, 0.3) is 0 Å². The van der Waals surface area contributed by atoms with Crippen molar-refractivity contribution >= 4 is 7.82 Å². The summed E-state index contributed by atoms with van der Waals surface area (Å²) in [4.78, 5) is 8.69. The van der Waals surface area contributed by atoms with Crippen LogP contribution in [0.15, 0.2) is 0 Å². The van der Waals surface area contributed by atoms with Gasteiger partial charge in [0.1, 0.15) is 12.2 Å². The van der Waals surface area contributed by atoms with Gasteiger partial charge in [-0.15, -0.1) is 0 Å². The summed E-state index contributed by atoms with van der Waals surface area (Å²) in [5.74, 6) is 0. The molecule has 0 fully saturated rings. The molecule has 0 saturated carbocycles. The third kappa shape index (κ3) is 4.45. The van der Waals surface area contributed by atoms with Crippen molar-refractivity contribution in [2.45, 2.75) is 18.5 Å². The van der Waals surface area contributed by atoms with Gasteiger partial charge in [0, 0.05) is 7.11 Å². The fourth-order valence-electron chi connectivity index (χ4n) is 0.540. The van der Waals surface area contributed by atoms with Crippen molar-refractivity contribution in [3.63, 3.8) is 0 Å². The van der Waals surface area contributed by atoms with Crippen molar-refractivity contribution in [2.24, 2.45) is 0 Å². The summed E-state index contributed by atoms with van der Waals surface area (Å²) >= 11 is 0. The van der Waals surface area contributed by atoms with E-state index in [-0.39, 0.29) is 0 Å². The van der Waals surface area contributed by atoms with Gasteiger partial charge in [-0.25, -0.2) is 4.57 Å². The lowest BCUT2D eigenvalue weighted by molar-refractivity contribution is -0.158. The van der Waals surface area contributed by atoms with Gasteiger partial charge in [0.05, 0.1) is 6.61 Å². The number of rotatable bonds is 6. The van der Waals surface area contributed by atoms with Crippen LogP contribution in [0.2, 0.25) is 0 Å². The highest BCUT2D eigenvalue weighted by Crippen LogP contribution is 2.43. The van der Waals surface area contributed by atoms with E-state index < -0.39 is 32.9 Å². The SMILES string of the molecule is COP(=O)(O)OC(O)[C@@H](O)[C@@H](O)CO. The average molecular weight is 232 g/mol. The maximum atomic E-state index is 10.7. The Hall–Kier alpha value is -0.0500. The average Bonchev–Trinajstić information content (AvgIpc) is 2.14. The lowest BCUT2D eigenvalue weighted by Crippen LogP contribution is -2.40. The first-order chi connectivity index (χ1) is 6.34. The van der Waals surface area contributed by atoms with Crippen molar-refractivity contribution in [3.05, 3.63) is 0 Å². The molecule has 0 aliphatic heterocycles. The van der Waals surface area contributed by atoms with Crippen molar-refractivity contribution in [2.75, 3.05) is 13.7 Å². The molecular formula is C5H13O8P. The topological polar surface area (TPSA) is 137 Å². The number of aliphatic hydroxyl groups excluding tert-OH is 4. The number of phosphoric ester groups is 1. The molecule has 14 heavy (non-hydrogen) atoms. The minimum atomic E-state index is -4.44. The Balaban J connectivity index is 4.20. The molecule has 8 nitrogen and oxygen atoms in total. The van der Waals surface area contributed by atoms with E-state index in [1.54, 1.807) is 0 Å². The highest BCUT2D eigenvalue weighted by molar-refractivity contribution is 7.47. The number of hydrogen-bond acceptors (Lipinski definition) is 7. The normalized spacial score (nSPS) is 22.4. The van der Waals surface area contributed by atoms with Gasteiger partial charge in [-0.2, -0.15) is 0 Å². The van der Waals surface area contributed by atoms with Gasteiger partial charge in [0.15, 0.2) is 6.29 Å². The van der Waals surface area contributed by atoms with E-state index in [0.29, 0.717) is 0 Å². The lowest BCUT2D eigenvalue weighted by Gasteiger charge is -2.22. The zero-order chi connectivity index (χ0) is 11.4. The first-order valence-corrected chi connectivity index (χ1v) is 5.05. The van der Waals surface area contributed by atoms with Crippen LogP contribution in [0.1, 0.15) is 0 Å². The summed E-state index contributed by atoms with van der Waals surface area (Å²) in [6.45, 7) is -0.829. The van der Waals surface area contributed by atoms with Crippen LogP contribution in [-0.2, 0) is 13.6 Å². The first kappa shape index (κ1) is 13.9. The van der Waals surface area contributed by atoms with Crippen LogP contribution in [0.3, 0.4) is 0 Å². The van der Waals surface area contributed by atoms with Crippen LogP contribution in [0.4, 0.5) is 0 Å². The second-order valence-corrected chi connectivity index (χ2v) is 3.90. The fourth-order valence-corrected chi connectivity index (χ4v) is 1.02. The highest BCUT2D eigenvalue weighted by Gasteiger charge is 2.32. The molecule has 0 rings (SSSR count). The Bertz CT molecular complexity index is 208. The largest absolute Gasteiger partial charge is 0.474 e. The molecule has 4 atom stereocenters. The Morgan fingerprint density at radius 2 is 1.86 bits per heavy atom. The molecule has 9 heteroatoms. The van der Waals surface area contributed by atoms with Crippen LogP contribution in [-0.4, -0.2) is 57.5 Å². The number of aliphatic hydroxyl groups is 4.